The second-order valence-corrected chi connectivity index (χ2v) is 5.97. The maximum absolute atomic E-state index is 12.1. The van der Waals surface area contributed by atoms with E-state index in [1.807, 2.05) is 0 Å². The number of phenols is 1. The molecule has 1 aliphatic carbocycles. The first-order valence-corrected chi connectivity index (χ1v) is 8.18. The summed E-state index contributed by atoms with van der Waals surface area (Å²) < 4.78 is 4.96. The van der Waals surface area contributed by atoms with Gasteiger partial charge in [0.2, 0.25) is 5.91 Å². The molecular weight excluding hydrogens is 334 g/mol. The highest BCUT2D eigenvalue weighted by atomic mass is 16.5. The smallest absolute Gasteiger partial charge is 0.271 e. The molecule has 0 unspecified atom stereocenters. The van der Waals surface area contributed by atoms with Gasteiger partial charge in [0, 0.05) is 17.2 Å². The maximum Gasteiger partial charge on any atom is 0.271 e. The van der Waals surface area contributed by atoms with Crippen LogP contribution in [0.4, 0.5) is 5.69 Å². The van der Waals surface area contributed by atoms with Crippen molar-refractivity contribution < 1.29 is 19.4 Å². The Hall–Kier alpha value is -3.35. The van der Waals surface area contributed by atoms with Crippen LogP contribution in [0.3, 0.4) is 0 Å². The first kappa shape index (κ1) is 17.5. The Morgan fingerprint density at radius 3 is 2.54 bits per heavy atom. The van der Waals surface area contributed by atoms with E-state index >= 15 is 0 Å². The number of aromatic hydroxyl groups is 1. The van der Waals surface area contributed by atoms with Crippen LogP contribution in [0.15, 0.2) is 47.6 Å². The van der Waals surface area contributed by atoms with Gasteiger partial charge < -0.3 is 15.2 Å². The van der Waals surface area contributed by atoms with Crippen LogP contribution >= 0.6 is 0 Å². The highest BCUT2D eigenvalue weighted by Gasteiger charge is 2.29. The monoisotopic (exact) mass is 353 g/mol. The summed E-state index contributed by atoms with van der Waals surface area (Å²) >= 11 is 0. The van der Waals surface area contributed by atoms with Gasteiger partial charge in [0.1, 0.15) is 0 Å². The van der Waals surface area contributed by atoms with E-state index in [4.69, 9.17) is 4.74 Å². The predicted molar refractivity (Wildman–Crippen MR) is 97.5 cm³/mol. The fourth-order valence-corrected chi connectivity index (χ4v) is 2.31. The first-order chi connectivity index (χ1) is 12.6. The molecule has 0 saturated heterocycles. The Balaban J connectivity index is 1.55. The van der Waals surface area contributed by atoms with E-state index in [-0.39, 0.29) is 23.5 Å². The second-order valence-electron chi connectivity index (χ2n) is 5.97. The summed E-state index contributed by atoms with van der Waals surface area (Å²) in [7, 11) is 1.46. The topological polar surface area (TPSA) is 100 Å². The van der Waals surface area contributed by atoms with Crippen molar-refractivity contribution in [2.75, 3.05) is 12.4 Å². The van der Waals surface area contributed by atoms with Crippen LogP contribution in [-0.4, -0.2) is 30.2 Å². The van der Waals surface area contributed by atoms with Crippen molar-refractivity contribution in [3.8, 4) is 11.5 Å². The van der Waals surface area contributed by atoms with E-state index in [0.717, 1.165) is 12.8 Å². The molecule has 0 radical (unpaired) electrons. The van der Waals surface area contributed by atoms with Crippen LogP contribution in [-0.2, 0) is 4.79 Å². The van der Waals surface area contributed by atoms with Gasteiger partial charge in [-0.15, -0.1) is 0 Å². The number of nitrogens with one attached hydrogen (secondary N) is 2. The van der Waals surface area contributed by atoms with Gasteiger partial charge in [-0.25, -0.2) is 5.43 Å². The van der Waals surface area contributed by atoms with Crippen molar-refractivity contribution in [1.82, 2.24) is 5.43 Å². The van der Waals surface area contributed by atoms with Crippen molar-refractivity contribution in [2.24, 2.45) is 11.0 Å². The van der Waals surface area contributed by atoms with E-state index in [0.29, 0.717) is 22.6 Å². The molecule has 0 aliphatic heterocycles. The summed E-state index contributed by atoms with van der Waals surface area (Å²) in [6, 6.07) is 11.4. The molecule has 3 N–H and O–H groups in total. The lowest BCUT2D eigenvalue weighted by Crippen LogP contribution is -2.18. The lowest BCUT2D eigenvalue weighted by Gasteiger charge is -2.05. The molecule has 134 valence electrons. The minimum Gasteiger partial charge on any atom is -0.504 e. The minimum atomic E-state index is -0.376. The zero-order chi connectivity index (χ0) is 18.5. The number of phenolic OH excluding ortho intramolecular Hbond substituents is 1. The number of methoxy groups -OCH3 is 1. The highest BCUT2D eigenvalue weighted by Crippen LogP contribution is 2.30. The van der Waals surface area contributed by atoms with Crippen molar-refractivity contribution >= 4 is 23.7 Å². The van der Waals surface area contributed by atoms with Crippen LogP contribution in [0.25, 0.3) is 0 Å². The quantitative estimate of drug-likeness (QED) is 0.549. The first-order valence-electron chi connectivity index (χ1n) is 8.18. The van der Waals surface area contributed by atoms with Crippen LogP contribution in [0.1, 0.15) is 28.8 Å². The number of hydrogen-bond donors (Lipinski definition) is 3. The van der Waals surface area contributed by atoms with Gasteiger partial charge in [0.05, 0.1) is 13.3 Å². The Morgan fingerprint density at radius 1 is 1.19 bits per heavy atom. The molecular formula is C19H19N3O4. The van der Waals surface area contributed by atoms with Gasteiger partial charge in [-0.2, -0.15) is 5.10 Å². The number of hydrazone groups is 1. The molecule has 26 heavy (non-hydrogen) atoms. The molecule has 3 rings (SSSR count). The van der Waals surface area contributed by atoms with Gasteiger partial charge in [0.15, 0.2) is 11.5 Å². The minimum absolute atomic E-state index is 0.00777. The SMILES string of the molecule is COc1ccc(/C=N/NC(=O)c2ccc(NC(=O)C3CC3)cc2)cc1O. The normalized spacial score (nSPS) is 13.4. The molecule has 2 amide bonds. The van der Waals surface area contributed by atoms with E-state index in [2.05, 4.69) is 15.8 Å². The predicted octanol–water partition coefficient (Wildman–Crippen LogP) is 2.51. The third-order valence-electron chi connectivity index (χ3n) is 3.95. The molecule has 0 spiro atoms. The zero-order valence-electron chi connectivity index (χ0n) is 14.2. The summed E-state index contributed by atoms with van der Waals surface area (Å²) in [5, 5.41) is 16.4. The summed E-state index contributed by atoms with van der Waals surface area (Å²) in [6.07, 6.45) is 3.30. The molecule has 0 aromatic heterocycles. The maximum atomic E-state index is 12.1. The Kier molecular flexibility index (Phi) is 5.17. The van der Waals surface area contributed by atoms with E-state index < -0.39 is 0 Å². The van der Waals surface area contributed by atoms with Crippen LogP contribution in [0.2, 0.25) is 0 Å². The Bertz CT molecular complexity index is 842. The van der Waals surface area contributed by atoms with Gasteiger partial charge >= 0.3 is 0 Å². The third kappa shape index (κ3) is 4.38. The van der Waals surface area contributed by atoms with Crippen molar-refractivity contribution in [2.45, 2.75) is 12.8 Å². The Morgan fingerprint density at radius 2 is 1.92 bits per heavy atom. The Labute approximate surface area is 150 Å². The number of amides is 2. The number of carbonyl (C=O) groups excluding carboxylic acids is 2. The largest absolute Gasteiger partial charge is 0.504 e. The second kappa shape index (κ2) is 7.69. The van der Waals surface area contributed by atoms with E-state index in [1.54, 1.807) is 36.4 Å². The number of rotatable bonds is 6. The standard InChI is InChI=1S/C19H19N3O4/c1-26-17-9-2-12(10-16(17)23)11-20-22-19(25)14-5-7-15(8-6-14)21-18(24)13-3-4-13/h2,5-11,13,23H,3-4H2,1H3,(H,21,24)(H,22,25)/b20-11+. The average molecular weight is 353 g/mol. The number of hydrogen-bond acceptors (Lipinski definition) is 5. The van der Waals surface area contributed by atoms with Gasteiger partial charge in [-0.1, -0.05) is 0 Å². The van der Waals surface area contributed by atoms with Crippen molar-refractivity contribution in [1.29, 1.82) is 0 Å². The molecule has 2 aromatic rings. The van der Waals surface area contributed by atoms with Gasteiger partial charge in [-0.05, 0) is 60.9 Å². The van der Waals surface area contributed by atoms with Gasteiger partial charge in [0.25, 0.3) is 5.91 Å². The molecule has 1 saturated carbocycles. The zero-order valence-corrected chi connectivity index (χ0v) is 14.2. The molecule has 0 heterocycles. The molecule has 2 aromatic carbocycles. The van der Waals surface area contributed by atoms with Crippen LogP contribution in [0, 0.1) is 5.92 Å². The molecule has 7 nitrogen and oxygen atoms in total. The van der Waals surface area contributed by atoms with E-state index in [9.17, 15) is 14.7 Å². The number of carbonyl (C=O) groups is 2. The molecule has 0 bridgehead atoms. The average Bonchev–Trinajstić information content (AvgIpc) is 3.47. The van der Waals surface area contributed by atoms with E-state index in [1.165, 1.54) is 19.4 Å². The highest BCUT2D eigenvalue weighted by molar-refractivity contribution is 5.97. The lowest BCUT2D eigenvalue weighted by atomic mass is 10.2. The number of nitrogens with zero attached hydrogens (tertiary/aromatic N) is 1. The lowest BCUT2D eigenvalue weighted by molar-refractivity contribution is -0.117. The van der Waals surface area contributed by atoms with Crippen molar-refractivity contribution in [3.05, 3.63) is 53.6 Å². The van der Waals surface area contributed by atoms with Crippen molar-refractivity contribution in [3.63, 3.8) is 0 Å². The summed E-state index contributed by atoms with van der Waals surface area (Å²) in [5.74, 6) is 0.130. The fourth-order valence-electron chi connectivity index (χ4n) is 2.31. The summed E-state index contributed by atoms with van der Waals surface area (Å²) in [4.78, 5) is 23.8. The van der Waals surface area contributed by atoms with Crippen LogP contribution < -0.4 is 15.5 Å². The third-order valence-corrected chi connectivity index (χ3v) is 3.95. The summed E-state index contributed by atoms with van der Waals surface area (Å²) in [5.41, 5.74) is 4.11. The molecule has 7 heteroatoms. The molecule has 0 atom stereocenters. The molecule has 1 aliphatic rings. The summed E-state index contributed by atoms with van der Waals surface area (Å²) in [6.45, 7) is 0. The van der Waals surface area contributed by atoms with Gasteiger partial charge in [-0.3, -0.25) is 9.59 Å². The number of anilines is 1. The fraction of sp³-hybridized carbons (Fsp3) is 0.211. The number of benzene rings is 2. The van der Waals surface area contributed by atoms with Crippen LogP contribution in [0.5, 0.6) is 11.5 Å². The molecule has 1 fully saturated rings. The number of ether oxygens (including phenoxy) is 1.